The Labute approximate surface area is 196 Å². The highest BCUT2D eigenvalue weighted by molar-refractivity contribution is 5.79. The predicted molar refractivity (Wildman–Crippen MR) is 132 cm³/mol. The highest BCUT2D eigenvalue weighted by Gasteiger charge is 2.26. The summed E-state index contributed by atoms with van der Waals surface area (Å²) in [5.74, 6) is 1.04. The molecule has 1 unspecified atom stereocenters. The molecule has 0 spiro atoms. The Kier molecular flexibility index (Phi) is 7.76. The van der Waals surface area contributed by atoms with E-state index in [4.69, 9.17) is 9.47 Å². The second kappa shape index (κ2) is 11.1. The van der Waals surface area contributed by atoms with Crippen molar-refractivity contribution in [2.75, 3.05) is 11.9 Å². The topological polar surface area (TPSA) is 69.2 Å². The summed E-state index contributed by atoms with van der Waals surface area (Å²) in [7, 11) is 0. The molecule has 2 aromatic carbocycles. The van der Waals surface area contributed by atoms with Gasteiger partial charge in [0.2, 0.25) is 5.88 Å². The molecule has 0 fully saturated rings. The fourth-order valence-corrected chi connectivity index (χ4v) is 4.28. The first kappa shape index (κ1) is 23.0. The summed E-state index contributed by atoms with van der Waals surface area (Å²) in [6, 6.07) is 17.1. The molecule has 0 aliphatic carbocycles. The molecule has 1 atom stereocenters. The van der Waals surface area contributed by atoms with Gasteiger partial charge < -0.3 is 14.8 Å². The first-order valence-electron chi connectivity index (χ1n) is 12.2. The van der Waals surface area contributed by atoms with E-state index >= 15 is 0 Å². The minimum absolute atomic E-state index is 0.248. The van der Waals surface area contributed by atoms with E-state index < -0.39 is 6.23 Å². The Morgan fingerprint density at radius 3 is 2.42 bits per heavy atom. The molecule has 3 aromatic rings. The number of nitrogens with zero attached hydrogens (tertiary/aromatic N) is 3. The van der Waals surface area contributed by atoms with Crippen LogP contribution in [0.25, 0.3) is 11.3 Å². The fourth-order valence-electron chi connectivity index (χ4n) is 4.28. The number of aromatic nitrogens is 3. The molecule has 0 saturated carbocycles. The third kappa shape index (κ3) is 5.44. The number of para-hydroxylation sites is 1. The average molecular weight is 447 g/mol. The van der Waals surface area contributed by atoms with Crippen LogP contribution in [0.3, 0.4) is 0 Å². The van der Waals surface area contributed by atoms with Crippen molar-refractivity contribution in [2.24, 2.45) is 0 Å². The van der Waals surface area contributed by atoms with Gasteiger partial charge >= 0.3 is 6.01 Å². The van der Waals surface area contributed by atoms with E-state index in [1.165, 1.54) is 31.2 Å². The molecule has 174 valence electrons. The molecule has 0 radical (unpaired) electrons. The zero-order valence-corrected chi connectivity index (χ0v) is 19.9. The molecule has 33 heavy (non-hydrogen) atoms. The number of benzene rings is 2. The Bertz CT molecular complexity index is 1030. The van der Waals surface area contributed by atoms with Crippen molar-refractivity contribution in [3.63, 3.8) is 0 Å². The van der Waals surface area contributed by atoms with Crippen molar-refractivity contribution in [3.05, 3.63) is 59.7 Å². The van der Waals surface area contributed by atoms with Crippen LogP contribution in [0.15, 0.2) is 48.5 Å². The van der Waals surface area contributed by atoms with E-state index in [0.717, 1.165) is 29.7 Å². The van der Waals surface area contributed by atoms with E-state index in [2.05, 4.69) is 65.5 Å². The van der Waals surface area contributed by atoms with Crippen LogP contribution in [-0.4, -0.2) is 21.8 Å². The second-order valence-corrected chi connectivity index (χ2v) is 8.58. The van der Waals surface area contributed by atoms with Crippen LogP contribution in [-0.2, 0) is 0 Å². The normalized spacial score (nSPS) is 14.6. The Balaban J connectivity index is 1.64. The molecular weight excluding hydrogens is 412 g/mol. The zero-order valence-electron chi connectivity index (χ0n) is 19.9. The largest absolute Gasteiger partial charge is 0.462 e. The van der Waals surface area contributed by atoms with Gasteiger partial charge in [0, 0.05) is 16.8 Å². The van der Waals surface area contributed by atoms with Gasteiger partial charge in [-0.15, -0.1) is 5.10 Å². The van der Waals surface area contributed by atoms with Crippen molar-refractivity contribution in [2.45, 2.75) is 71.4 Å². The summed E-state index contributed by atoms with van der Waals surface area (Å²) >= 11 is 0. The number of hydrogen-bond acceptors (Lipinski definition) is 6. The van der Waals surface area contributed by atoms with Gasteiger partial charge in [-0.05, 0) is 36.8 Å². The predicted octanol–water partition coefficient (Wildman–Crippen LogP) is 6.90. The summed E-state index contributed by atoms with van der Waals surface area (Å²) in [6.45, 7) is 7.19. The lowest BCUT2D eigenvalue weighted by Gasteiger charge is -2.21. The Morgan fingerprint density at radius 2 is 1.70 bits per heavy atom. The number of fused-ring (bicyclic) bond motifs is 3. The first-order chi connectivity index (χ1) is 16.2. The summed E-state index contributed by atoms with van der Waals surface area (Å²) < 4.78 is 12.0. The van der Waals surface area contributed by atoms with Gasteiger partial charge in [-0.1, -0.05) is 87.6 Å². The monoisotopic (exact) mass is 446 g/mol. The highest BCUT2D eigenvalue weighted by atomic mass is 16.5. The van der Waals surface area contributed by atoms with Gasteiger partial charge in [-0.2, -0.15) is 4.98 Å². The molecule has 0 saturated heterocycles. The van der Waals surface area contributed by atoms with Crippen LogP contribution in [0.4, 0.5) is 5.69 Å². The maximum absolute atomic E-state index is 6.36. The summed E-state index contributed by atoms with van der Waals surface area (Å²) in [4.78, 5) is 4.56. The SMILES string of the molecule is CCCCOc1nnc2c(n1)OC(c1ccc(C(CCC)CCC)cc1)Nc1ccccc1-2. The van der Waals surface area contributed by atoms with E-state index in [-0.39, 0.29) is 6.01 Å². The minimum Gasteiger partial charge on any atom is -0.462 e. The van der Waals surface area contributed by atoms with E-state index in [1.807, 2.05) is 24.3 Å². The number of nitrogens with one attached hydrogen (secondary N) is 1. The molecule has 6 heteroatoms. The number of anilines is 1. The number of unbranched alkanes of at least 4 members (excludes halogenated alkanes) is 1. The van der Waals surface area contributed by atoms with Crippen LogP contribution in [0.1, 0.15) is 82.6 Å². The van der Waals surface area contributed by atoms with Gasteiger partial charge in [0.1, 0.15) is 0 Å². The maximum atomic E-state index is 6.36. The van der Waals surface area contributed by atoms with E-state index in [1.54, 1.807) is 0 Å². The smallest absolute Gasteiger partial charge is 0.339 e. The average Bonchev–Trinajstić information content (AvgIpc) is 3.01. The number of ether oxygens (including phenoxy) is 2. The van der Waals surface area contributed by atoms with Crippen molar-refractivity contribution >= 4 is 5.69 Å². The molecule has 1 aliphatic rings. The highest BCUT2D eigenvalue weighted by Crippen LogP contribution is 2.39. The molecule has 0 amide bonds. The second-order valence-electron chi connectivity index (χ2n) is 8.58. The zero-order chi connectivity index (χ0) is 23.0. The van der Waals surface area contributed by atoms with Crippen molar-refractivity contribution in [1.82, 2.24) is 15.2 Å². The molecule has 1 aromatic heterocycles. The number of hydrogen-bond donors (Lipinski definition) is 1. The van der Waals surface area contributed by atoms with Crippen LogP contribution >= 0.6 is 0 Å². The Hall–Kier alpha value is -3.15. The lowest BCUT2D eigenvalue weighted by Crippen LogP contribution is -2.17. The van der Waals surface area contributed by atoms with Crippen LogP contribution in [0.5, 0.6) is 11.9 Å². The van der Waals surface area contributed by atoms with Crippen molar-refractivity contribution in [3.8, 4) is 23.1 Å². The Morgan fingerprint density at radius 1 is 0.939 bits per heavy atom. The number of rotatable bonds is 10. The third-order valence-corrected chi connectivity index (χ3v) is 6.05. The molecule has 1 aliphatic heterocycles. The summed E-state index contributed by atoms with van der Waals surface area (Å²) in [6.07, 6.45) is 6.42. The van der Waals surface area contributed by atoms with Crippen LogP contribution in [0, 0.1) is 0 Å². The van der Waals surface area contributed by atoms with E-state index in [9.17, 15) is 0 Å². The first-order valence-corrected chi connectivity index (χ1v) is 12.2. The molecule has 1 N–H and O–H groups in total. The molecule has 4 rings (SSSR count). The van der Waals surface area contributed by atoms with E-state index in [0.29, 0.717) is 24.1 Å². The van der Waals surface area contributed by atoms with Gasteiger partial charge in [0.25, 0.3) is 0 Å². The maximum Gasteiger partial charge on any atom is 0.339 e. The lowest BCUT2D eigenvalue weighted by molar-refractivity contribution is 0.217. The van der Waals surface area contributed by atoms with Gasteiger partial charge in [-0.25, -0.2) is 0 Å². The molecule has 6 nitrogen and oxygen atoms in total. The molecule has 2 heterocycles. The quantitative estimate of drug-likeness (QED) is 0.341. The van der Waals surface area contributed by atoms with Crippen molar-refractivity contribution < 1.29 is 9.47 Å². The van der Waals surface area contributed by atoms with Gasteiger partial charge in [-0.3, -0.25) is 0 Å². The van der Waals surface area contributed by atoms with Gasteiger partial charge in [0.05, 0.1) is 6.61 Å². The fraction of sp³-hybridized carbons (Fsp3) is 0.444. The van der Waals surface area contributed by atoms with Crippen molar-refractivity contribution in [1.29, 1.82) is 0 Å². The lowest BCUT2D eigenvalue weighted by atomic mass is 9.90. The minimum atomic E-state index is -0.391. The molecule has 0 bridgehead atoms. The van der Waals surface area contributed by atoms with Crippen LogP contribution < -0.4 is 14.8 Å². The summed E-state index contributed by atoms with van der Waals surface area (Å²) in [5.41, 5.74) is 4.91. The summed E-state index contributed by atoms with van der Waals surface area (Å²) in [5, 5.41) is 12.1. The third-order valence-electron chi connectivity index (χ3n) is 6.05. The standard InChI is InChI=1S/C27H34N4O2/c1-4-7-18-32-27-29-26-24(30-31-27)22-12-8-9-13-23(22)28-25(33-26)21-16-14-20(15-17-21)19(10-5-2)11-6-3/h8-9,12-17,19,25,28H,4-7,10-11,18H2,1-3H3. The van der Waals surface area contributed by atoms with Crippen LogP contribution in [0.2, 0.25) is 0 Å². The molecular formula is C27H34N4O2. The van der Waals surface area contributed by atoms with Gasteiger partial charge in [0.15, 0.2) is 11.9 Å².